The fourth-order valence-corrected chi connectivity index (χ4v) is 5.09. The molecule has 42 heavy (non-hydrogen) atoms. The molecule has 2 fully saturated rings. The molecular formula is C30H38N6O6. The smallest absolute Gasteiger partial charge is 0.255 e. The van der Waals surface area contributed by atoms with Crippen LogP contribution in [0.4, 0.5) is 0 Å². The van der Waals surface area contributed by atoms with Crippen molar-refractivity contribution >= 4 is 29.5 Å². The zero-order valence-corrected chi connectivity index (χ0v) is 24.1. The Morgan fingerprint density at radius 1 is 1.00 bits per heavy atom. The van der Waals surface area contributed by atoms with Gasteiger partial charge in [0, 0.05) is 39.0 Å². The predicted octanol–water partition coefficient (Wildman–Crippen LogP) is 0.138. The topological polar surface area (TPSA) is 150 Å². The molecule has 4 rings (SSSR count). The first-order valence-electron chi connectivity index (χ1n) is 14.1. The molecule has 2 bridgehead atoms. The van der Waals surface area contributed by atoms with E-state index in [2.05, 4.69) is 20.9 Å². The average Bonchev–Trinajstić information content (AvgIpc) is 2.98. The number of carbonyl (C=O) groups excluding carboxylic acids is 5. The Balaban J connectivity index is 1.65. The van der Waals surface area contributed by atoms with Crippen LogP contribution in [-0.4, -0.2) is 102 Å². The van der Waals surface area contributed by atoms with Gasteiger partial charge in [-0.3, -0.25) is 29.0 Å². The molecule has 2 aliphatic rings. The van der Waals surface area contributed by atoms with Crippen LogP contribution in [0, 0.1) is 5.92 Å². The van der Waals surface area contributed by atoms with Gasteiger partial charge in [0.2, 0.25) is 17.7 Å². The molecule has 1 aromatic heterocycles. The van der Waals surface area contributed by atoms with Crippen LogP contribution in [0.3, 0.4) is 0 Å². The van der Waals surface area contributed by atoms with Crippen molar-refractivity contribution in [3.05, 3.63) is 66.0 Å². The number of hydrogen-bond donors (Lipinski definition) is 3. The lowest BCUT2D eigenvalue weighted by Crippen LogP contribution is -2.59. The van der Waals surface area contributed by atoms with Gasteiger partial charge in [0.25, 0.3) is 11.8 Å². The van der Waals surface area contributed by atoms with Crippen LogP contribution in [0.25, 0.3) is 0 Å². The summed E-state index contributed by atoms with van der Waals surface area (Å²) in [7, 11) is 1.48. The van der Waals surface area contributed by atoms with Crippen molar-refractivity contribution in [3.63, 3.8) is 0 Å². The van der Waals surface area contributed by atoms with Crippen LogP contribution in [0.15, 0.2) is 54.9 Å². The number of fused-ring (bicyclic) bond motifs is 2. The van der Waals surface area contributed by atoms with E-state index in [4.69, 9.17) is 4.74 Å². The Morgan fingerprint density at radius 2 is 1.76 bits per heavy atom. The first-order chi connectivity index (χ1) is 20.1. The molecule has 0 radical (unpaired) electrons. The van der Waals surface area contributed by atoms with Gasteiger partial charge in [-0.05, 0) is 30.0 Å². The molecule has 12 heteroatoms. The molecule has 0 saturated carbocycles. The van der Waals surface area contributed by atoms with Crippen LogP contribution in [0.5, 0.6) is 0 Å². The summed E-state index contributed by atoms with van der Waals surface area (Å²) >= 11 is 0. The molecule has 2 aromatic rings. The number of benzene rings is 1. The van der Waals surface area contributed by atoms with E-state index < -0.39 is 47.9 Å². The molecule has 12 nitrogen and oxygen atoms in total. The maximum absolute atomic E-state index is 13.6. The van der Waals surface area contributed by atoms with Crippen molar-refractivity contribution in [1.82, 2.24) is 30.7 Å². The number of likely N-dealkylation sites (N-methyl/N-ethyl adjacent to an activating group) is 1. The summed E-state index contributed by atoms with van der Waals surface area (Å²) in [5, 5.41) is 8.37. The molecule has 0 unspecified atom stereocenters. The largest absolute Gasteiger partial charge is 0.360 e. The lowest BCUT2D eigenvalue weighted by atomic mass is 10.0. The number of hydrogen-bond acceptors (Lipinski definition) is 7. The highest BCUT2D eigenvalue weighted by atomic mass is 16.5. The molecule has 3 heterocycles. The molecule has 0 aliphatic carbocycles. The standard InChI is InChI=1S/C30H38N6O6/c1-19(2)12-23-27(38)32-15-22-16-36(29(40)21-10-7-11-31-14-21)17-25(42-22)28(39)34-24(13-20-8-5-4-6-9-20)30(41)35(3)18-26(37)33-23/h4-11,14,19,22-25H,12-13,15-18H2,1-3H3,(H,32,38)(H,33,37)(H,34,39)/t22-,23+,24-,25-/m1/s1. The third-order valence-corrected chi connectivity index (χ3v) is 7.17. The fourth-order valence-electron chi connectivity index (χ4n) is 5.09. The highest BCUT2D eigenvalue weighted by Crippen LogP contribution is 2.17. The molecule has 224 valence electrons. The van der Waals surface area contributed by atoms with Crippen molar-refractivity contribution in [1.29, 1.82) is 0 Å². The van der Waals surface area contributed by atoms with Crippen molar-refractivity contribution < 1.29 is 28.7 Å². The van der Waals surface area contributed by atoms with E-state index in [9.17, 15) is 24.0 Å². The van der Waals surface area contributed by atoms with Gasteiger partial charge in [-0.15, -0.1) is 0 Å². The minimum absolute atomic E-state index is 0.0101. The maximum Gasteiger partial charge on any atom is 0.255 e. The number of morpholine rings is 1. The van der Waals surface area contributed by atoms with E-state index in [1.54, 1.807) is 18.3 Å². The number of nitrogens with zero attached hydrogens (tertiary/aromatic N) is 3. The van der Waals surface area contributed by atoms with E-state index in [0.717, 1.165) is 5.56 Å². The Labute approximate surface area is 245 Å². The number of pyridine rings is 1. The minimum Gasteiger partial charge on any atom is -0.360 e. The van der Waals surface area contributed by atoms with Crippen LogP contribution in [0.1, 0.15) is 36.2 Å². The zero-order valence-electron chi connectivity index (χ0n) is 24.1. The third kappa shape index (κ3) is 8.12. The SMILES string of the molecule is CC(C)C[C@@H]1NC(=O)CN(C)C(=O)[C@@H](Cc2ccccc2)NC(=O)[C@H]2CN(C(=O)c3cccnc3)C[C@@H](CNC1=O)O2. The highest BCUT2D eigenvalue weighted by molar-refractivity contribution is 5.96. The van der Waals surface area contributed by atoms with E-state index in [-0.39, 0.29) is 44.4 Å². The van der Waals surface area contributed by atoms with Crippen LogP contribution >= 0.6 is 0 Å². The Morgan fingerprint density at radius 3 is 2.45 bits per heavy atom. The average molecular weight is 579 g/mol. The monoisotopic (exact) mass is 578 g/mol. The van der Waals surface area contributed by atoms with E-state index in [1.165, 1.54) is 23.0 Å². The maximum atomic E-state index is 13.6. The van der Waals surface area contributed by atoms with Crippen molar-refractivity contribution in [3.8, 4) is 0 Å². The summed E-state index contributed by atoms with van der Waals surface area (Å²) in [6.45, 7) is 3.66. The number of ether oxygens (including phenoxy) is 1. The van der Waals surface area contributed by atoms with Gasteiger partial charge in [-0.2, -0.15) is 0 Å². The van der Waals surface area contributed by atoms with Crippen LogP contribution in [-0.2, 0) is 30.3 Å². The quantitative estimate of drug-likeness (QED) is 0.457. The summed E-state index contributed by atoms with van der Waals surface area (Å²) in [4.78, 5) is 73.4. The molecule has 1 aromatic carbocycles. The number of carbonyl (C=O) groups is 5. The Hall–Kier alpha value is -4.32. The van der Waals surface area contributed by atoms with Gasteiger partial charge in [0.15, 0.2) is 6.10 Å². The molecule has 0 spiro atoms. The third-order valence-electron chi connectivity index (χ3n) is 7.17. The number of rotatable bonds is 5. The van der Waals surface area contributed by atoms with E-state index in [1.807, 2.05) is 44.2 Å². The van der Waals surface area contributed by atoms with E-state index in [0.29, 0.717) is 12.0 Å². The number of nitrogens with one attached hydrogen (secondary N) is 3. The molecule has 4 atom stereocenters. The molecule has 3 N–H and O–H groups in total. The van der Waals surface area contributed by atoms with Gasteiger partial charge in [-0.1, -0.05) is 44.2 Å². The van der Waals surface area contributed by atoms with E-state index >= 15 is 0 Å². The van der Waals surface area contributed by atoms with Gasteiger partial charge >= 0.3 is 0 Å². The zero-order chi connectivity index (χ0) is 30.2. The summed E-state index contributed by atoms with van der Waals surface area (Å²) < 4.78 is 6.09. The summed E-state index contributed by atoms with van der Waals surface area (Å²) in [6, 6.07) is 10.7. The fraction of sp³-hybridized carbons (Fsp3) is 0.467. The van der Waals surface area contributed by atoms with Crippen LogP contribution < -0.4 is 16.0 Å². The first kappa shape index (κ1) is 30.6. The highest BCUT2D eigenvalue weighted by Gasteiger charge is 2.38. The summed E-state index contributed by atoms with van der Waals surface area (Å²) in [5.41, 5.74) is 1.17. The Bertz CT molecular complexity index is 1270. The van der Waals surface area contributed by atoms with Crippen LogP contribution in [0.2, 0.25) is 0 Å². The summed E-state index contributed by atoms with van der Waals surface area (Å²) in [6.07, 6.45) is 1.75. The van der Waals surface area contributed by atoms with Crippen molar-refractivity contribution in [2.24, 2.45) is 5.92 Å². The van der Waals surface area contributed by atoms with Crippen molar-refractivity contribution in [2.45, 2.75) is 51.0 Å². The lowest BCUT2D eigenvalue weighted by molar-refractivity contribution is -0.148. The second-order valence-electron chi connectivity index (χ2n) is 11.1. The predicted molar refractivity (Wildman–Crippen MR) is 153 cm³/mol. The Kier molecular flexibility index (Phi) is 10.2. The van der Waals surface area contributed by atoms with Crippen molar-refractivity contribution in [2.75, 3.05) is 33.2 Å². The van der Waals surface area contributed by atoms with Gasteiger partial charge in [0.1, 0.15) is 12.1 Å². The molecule has 5 amide bonds. The second kappa shape index (κ2) is 14.0. The molecule has 2 aliphatic heterocycles. The van der Waals surface area contributed by atoms with Gasteiger partial charge in [-0.25, -0.2) is 0 Å². The molecular weight excluding hydrogens is 540 g/mol. The lowest BCUT2D eigenvalue weighted by Gasteiger charge is -2.38. The molecule has 2 saturated heterocycles. The second-order valence-corrected chi connectivity index (χ2v) is 11.1. The number of amides is 5. The van der Waals surface area contributed by atoms with Gasteiger partial charge < -0.3 is 30.5 Å². The summed E-state index contributed by atoms with van der Waals surface area (Å²) in [5.74, 6) is -2.19. The first-order valence-corrected chi connectivity index (χ1v) is 14.1. The van der Waals surface area contributed by atoms with Gasteiger partial charge in [0.05, 0.1) is 24.8 Å². The normalized spacial score (nSPS) is 24.3. The minimum atomic E-state index is -1.10. The number of aromatic nitrogens is 1.